The summed E-state index contributed by atoms with van der Waals surface area (Å²) < 4.78 is 61.6. The summed E-state index contributed by atoms with van der Waals surface area (Å²) in [4.78, 5) is 58.3. The highest BCUT2D eigenvalue weighted by molar-refractivity contribution is 5.90. The third-order valence-electron chi connectivity index (χ3n) is 20.7. The third kappa shape index (κ3) is 36.7. The summed E-state index contributed by atoms with van der Waals surface area (Å²) in [5.41, 5.74) is 4.25. The van der Waals surface area contributed by atoms with E-state index in [9.17, 15) is 14.4 Å². The second-order valence-electron chi connectivity index (χ2n) is 29.8. The number of carbonyl (C=O) groups excluding carboxylic acids is 4. The Morgan fingerprint density at radius 3 is 1.08 bits per heavy atom. The van der Waals surface area contributed by atoms with Gasteiger partial charge in [-0.15, -0.1) is 0 Å². The molecule has 14 nitrogen and oxygen atoms in total. The van der Waals surface area contributed by atoms with Gasteiger partial charge in [-0.05, 0) is 72.2 Å². The molecule has 1 amide bonds. The van der Waals surface area contributed by atoms with Gasteiger partial charge in [0.15, 0.2) is 18.5 Å². The molecule has 0 aliphatic carbocycles. The molecule has 6 aromatic carbocycles. The minimum Gasteiger partial charge on any atom is -0.455 e. The van der Waals surface area contributed by atoms with Crippen LogP contribution in [0.5, 0.6) is 0 Å². The van der Waals surface area contributed by atoms with E-state index < -0.39 is 85.5 Å². The van der Waals surface area contributed by atoms with Crippen LogP contribution < -0.4 is 5.32 Å². The minimum atomic E-state index is -1.39. The zero-order chi connectivity index (χ0) is 76.0. The summed E-state index contributed by atoms with van der Waals surface area (Å²) in [5, 5.41) is 3.23. The van der Waals surface area contributed by atoms with Crippen LogP contribution in [0.25, 0.3) is 0 Å². The molecule has 0 unspecified atom stereocenters. The van der Waals surface area contributed by atoms with Gasteiger partial charge in [-0.1, -0.05) is 377 Å². The molecule has 108 heavy (non-hydrogen) atoms. The van der Waals surface area contributed by atoms with Gasteiger partial charge < -0.3 is 47.9 Å². The number of amides is 1. The summed E-state index contributed by atoms with van der Waals surface area (Å²) in [6.07, 6.45) is 32.9. The van der Waals surface area contributed by atoms with E-state index in [4.69, 9.17) is 42.6 Å². The normalized spacial score (nSPS) is 16.8. The van der Waals surface area contributed by atoms with Gasteiger partial charge in [-0.3, -0.25) is 9.59 Å². The molecule has 1 aliphatic heterocycles. The first-order valence-electron chi connectivity index (χ1n) is 42.0. The summed E-state index contributed by atoms with van der Waals surface area (Å²) in [6, 6.07) is 55.7. The van der Waals surface area contributed by atoms with Crippen LogP contribution >= 0.6 is 0 Å². The Balaban J connectivity index is 1.16. The predicted molar refractivity (Wildman–Crippen MR) is 432 cm³/mol. The van der Waals surface area contributed by atoms with E-state index in [0.29, 0.717) is 18.4 Å². The first kappa shape index (κ1) is 88.2. The Labute approximate surface area is 649 Å². The molecule has 14 heteroatoms. The van der Waals surface area contributed by atoms with Crippen LogP contribution in [0.2, 0.25) is 0 Å². The number of ether oxygens (including phenoxy) is 9. The predicted octanol–water partition coefficient (Wildman–Crippen LogP) is 22.7. The summed E-state index contributed by atoms with van der Waals surface area (Å²) >= 11 is 0. The van der Waals surface area contributed by atoms with Crippen molar-refractivity contribution >= 4 is 23.8 Å². The molecule has 1 saturated heterocycles. The highest BCUT2D eigenvalue weighted by atomic mass is 16.7. The van der Waals surface area contributed by atoms with Crippen molar-refractivity contribution in [2.45, 2.75) is 333 Å². The van der Waals surface area contributed by atoms with E-state index in [-0.39, 0.29) is 51.4 Å². The first-order chi connectivity index (χ1) is 53.2. The average molecular weight is 1490 g/mol. The molecule has 592 valence electrons. The maximum absolute atomic E-state index is 15.5. The fourth-order valence-electron chi connectivity index (χ4n) is 14.4. The summed E-state index contributed by atoms with van der Waals surface area (Å²) in [5.74, 6) is -2.57. The van der Waals surface area contributed by atoms with Gasteiger partial charge in [-0.25, -0.2) is 9.59 Å². The second kappa shape index (κ2) is 56.2. The molecule has 0 saturated carbocycles. The third-order valence-corrected chi connectivity index (χ3v) is 20.7. The van der Waals surface area contributed by atoms with Crippen LogP contribution in [-0.2, 0) is 78.6 Å². The van der Waals surface area contributed by atoms with Gasteiger partial charge in [0.05, 0.1) is 56.8 Å². The Morgan fingerprint density at radius 2 is 0.694 bits per heavy atom. The molecule has 9 atom stereocenters. The van der Waals surface area contributed by atoms with Crippen LogP contribution in [0, 0.1) is 0 Å². The highest BCUT2D eigenvalue weighted by Gasteiger charge is 2.50. The summed E-state index contributed by atoms with van der Waals surface area (Å²) in [7, 11) is 0. The van der Waals surface area contributed by atoms with Gasteiger partial charge in [-0.2, -0.15) is 0 Å². The molecular formula is C94H133NO13. The Bertz CT molecular complexity index is 3220. The molecule has 0 bridgehead atoms. The minimum absolute atomic E-state index is 0.0441. The fraction of sp³-hybridized carbons (Fsp3) is 0.574. The van der Waals surface area contributed by atoms with Crippen LogP contribution in [0.15, 0.2) is 182 Å². The molecule has 7 rings (SSSR count). The maximum atomic E-state index is 15.5. The molecule has 1 heterocycles. The van der Waals surface area contributed by atoms with Crippen molar-refractivity contribution in [2.75, 3.05) is 13.2 Å². The van der Waals surface area contributed by atoms with Crippen LogP contribution in [0.1, 0.15) is 295 Å². The van der Waals surface area contributed by atoms with Gasteiger partial charge >= 0.3 is 17.9 Å². The van der Waals surface area contributed by atoms with Crippen molar-refractivity contribution in [1.82, 2.24) is 5.32 Å². The summed E-state index contributed by atoms with van der Waals surface area (Å²) in [6.45, 7) is 6.26. The second-order valence-corrected chi connectivity index (χ2v) is 29.8. The lowest BCUT2D eigenvalue weighted by atomic mass is 9.97. The van der Waals surface area contributed by atoms with Gasteiger partial charge in [0.1, 0.15) is 30.5 Å². The van der Waals surface area contributed by atoms with E-state index in [2.05, 4.69) is 19.2 Å². The van der Waals surface area contributed by atoms with Gasteiger partial charge in [0.25, 0.3) is 5.91 Å². The Kier molecular flexibility index (Phi) is 45.9. The van der Waals surface area contributed by atoms with Crippen LogP contribution in [0.4, 0.5) is 0 Å². The van der Waals surface area contributed by atoms with Crippen molar-refractivity contribution in [3.63, 3.8) is 0 Å². The van der Waals surface area contributed by atoms with E-state index in [1.54, 1.807) is 48.5 Å². The van der Waals surface area contributed by atoms with Crippen molar-refractivity contribution in [3.05, 3.63) is 215 Å². The van der Waals surface area contributed by atoms with Gasteiger partial charge in [0, 0.05) is 6.92 Å². The number of hydrogen-bond acceptors (Lipinski definition) is 13. The van der Waals surface area contributed by atoms with Crippen molar-refractivity contribution < 1.29 is 61.8 Å². The maximum Gasteiger partial charge on any atom is 0.338 e. The quantitative estimate of drug-likeness (QED) is 0.0218. The van der Waals surface area contributed by atoms with E-state index >= 15 is 4.79 Å². The lowest BCUT2D eigenvalue weighted by molar-refractivity contribution is -0.329. The Morgan fingerprint density at radius 1 is 0.361 bits per heavy atom. The molecule has 0 spiro atoms. The number of rotatable bonds is 61. The van der Waals surface area contributed by atoms with E-state index in [1.165, 1.54) is 161 Å². The van der Waals surface area contributed by atoms with Crippen molar-refractivity contribution in [1.29, 1.82) is 0 Å². The largest absolute Gasteiger partial charge is 0.455 e. The van der Waals surface area contributed by atoms with E-state index in [1.807, 2.05) is 133 Å². The molecular weight excluding hydrogens is 1350 g/mol. The standard InChI is InChI=1S/C94H133NO13/c1-4-6-8-10-12-14-16-18-19-20-21-22-23-24-25-26-27-29-31-33-35-55-69-85(105-76(3)96)91(97)95-83(87(108-93(99)82-66-52-41-53-67-82)84(106-92(98)81-64-50-40-51-65-81)68-54-34-32-30-28-17-15-13-11-9-7-5-2)74-104-94-90(103-73-80-62-48-39-49-63-80)89(102-72-79-60-46-38-47-61-79)88(101-71-78-58-44-37-45-59-78)86(107-94)75-100-70-77-56-42-36-43-57-77/h36-53,56-67,83-90,94H,4-35,54-55,68-75H2,1-3H3,(H,95,97)/t83-,84+,85+,86+,87-,88-,89-,90+,94-/m0/s1. The number of nitrogens with one attached hydrogen (secondary N) is 1. The number of carbonyl (C=O) groups is 4. The lowest BCUT2D eigenvalue weighted by Crippen LogP contribution is -2.63. The highest BCUT2D eigenvalue weighted by Crippen LogP contribution is 2.33. The molecule has 0 aromatic heterocycles. The van der Waals surface area contributed by atoms with Gasteiger partial charge in [0.2, 0.25) is 0 Å². The Hall–Kier alpha value is -7.04. The number of unbranched alkanes of at least 4 members (excludes halogenated alkanes) is 32. The number of benzene rings is 6. The molecule has 1 fully saturated rings. The first-order valence-corrected chi connectivity index (χ1v) is 42.0. The van der Waals surface area contributed by atoms with E-state index in [0.717, 1.165) is 73.6 Å². The lowest BCUT2D eigenvalue weighted by Gasteiger charge is -2.46. The van der Waals surface area contributed by atoms with Crippen LogP contribution in [-0.4, -0.2) is 92.1 Å². The SMILES string of the molecule is CCCCCCCCCCCCCCCCCCCCCCCC[C@@H](OC(C)=O)C(=O)N[C@@H](CO[C@H]1O[C@H](COCc2ccccc2)[C@H](OCc2ccccc2)[C@H](OCc2ccccc2)[C@H]1OCc1ccccc1)[C@H](OC(=O)c1ccccc1)[C@@H](CCCCCCCCCCCCCC)OC(=O)c1ccccc1. The smallest absolute Gasteiger partial charge is 0.338 e. The number of esters is 3. The topological polar surface area (TPSA) is 163 Å². The van der Waals surface area contributed by atoms with Crippen LogP contribution in [0.3, 0.4) is 0 Å². The zero-order valence-corrected chi connectivity index (χ0v) is 66.0. The molecule has 0 radical (unpaired) electrons. The fourth-order valence-corrected chi connectivity index (χ4v) is 14.4. The average Bonchev–Trinajstić information content (AvgIpc) is 0.786. The van der Waals surface area contributed by atoms with Crippen molar-refractivity contribution in [3.8, 4) is 0 Å². The molecule has 1 N–H and O–H groups in total. The van der Waals surface area contributed by atoms with Crippen molar-refractivity contribution in [2.24, 2.45) is 0 Å². The molecule has 1 aliphatic rings. The zero-order valence-electron chi connectivity index (χ0n) is 66.0. The number of hydrogen-bond donors (Lipinski definition) is 1. The molecule has 6 aromatic rings. The monoisotopic (exact) mass is 1480 g/mol.